The smallest absolute Gasteiger partial charge is 0.207 e. The average Bonchev–Trinajstić information content (AvgIpc) is 3.46. The Morgan fingerprint density at radius 2 is 1.88 bits per heavy atom. The summed E-state index contributed by atoms with van der Waals surface area (Å²) in [6.45, 7) is 10.1. The van der Waals surface area contributed by atoms with Crippen LogP contribution in [0.4, 0.5) is 10.3 Å². The van der Waals surface area contributed by atoms with Gasteiger partial charge in [-0.3, -0.25) is 4.90 Å². The van der Waals surface area contributed by atoms with Crippen molar-refractivity contribution in [2.24, 2.45) is 0 Å². The molecule has 1 N–H and O–H groups in total. The fourth-order valence-electron chi connectivity index (χ4n) is 4.77. The molecule has 7 heteroatoms. The highest BCUT2D eigenvalue weighted by molar-refractivity contribution is 5.85. The van der Waals surface area contributed by atoms with Crippen LogP contribution >= 0.6 is 0 Å². The molecular weight excluding hydrogens is 405 g/mol. The molecular formula is C25H32FN5O. The largest absolute Gasteiger partial charge is 0.490 e. The standard InChI is InChI=1S/C25H32FN5O/c1-19-17-20(7-8-21(19)26)18-31-22-5-4-6-23(32-16-15-29-11-2-3-12-29)24(22)28-25(31)30-13-9-27-10-14-30/h4-8,17,27H,2-3,9-16,18H2,1H3. The monoisotopic (exact) mass is 437 g/mol. The molecule has 170 valence electrons. The number of fused-ring (bicyclic) bond motifs is 1. The van der Waals surface area contributed by atoms with Gasteiger partial charge in [-0.15, -0.1) is 0 Å². The average molecular weight is 438 g/mol. The van der Waals surface area contributed by atoms with E-state index in [1.54, 1.807) is 6.07 Å². The van der Waals surface area contributed by atoms with Crippen molar-refractivity contribution in [3.8, 4) is 5.75 Å². The number of anilines is 1. The zero-order chi connectivity index (χ0) is 21.9. The maximum absolute atomic E-state index is 13.8. The van der Waals surface area contributed by atoms with Gasteiger partial charge in [0.1, 0.15) is 23.7 Å². The van der Waals surface area contributed by atoms with Crippen LogP contribution in [0.5, 0.6) is 5.75 Å². The Morgan fingerprint density at radius 3 is 2.66 bits per heavy atom. The number of rotatable bonds is 7. The highest BCUT2D eigenvalue weighted by Gasteiger charge is 2.21. The first-order valence-corrected chi connectivity index (χ1v) is 11.7. The van der Waals surface area contributed by atoms with Crippen LogP contribution in [0.1, 0.15) is 24.0 Å². The van der Waals surface area contributed by atoms with Crippen LogP contribution in [0, 0.1) is 12.7 Å². The van der Waals surface area contributed by atoms with E-state index in [1.807, 2.05) is 31.2 Å². The van der Waals surface area contributed by atoms with Gasteiger partial charge in [0.15, 0.2) is 0 Å². The minimum atomic E-state index is -0.166. The number of aromatic nitrogens is 2. The number of imidazole rings is 1. The van der Waals surface area contributed by atoms with E-state index in [1.165, 1.54) is 25.9 Å². The summed E-state index contributed by atoms with van der Waals surface area (Å²) in [6, 6.07) is 11.5. The number of aryl methyl sites for hydroxylation is 1. The Morgan fingerprint density at radius 1 is 1.06 bits per heavy atom. The Balaban J connectivity index is 1.47. The van der Waals surface area contributed by atoms with E-state index in [4.69, 9.17) is 9.72 Å². The quantitative estimate of drug-likeness (QED) is 0.614. The summed E-state index contributed by atoms with van der Waals surface area (Å²) >= 11 is 0. The van der Waals surface area contributed by atoms with Gasteiger partial charge in [0.25, 0.3) is 0 Å². The molecule has 0 saturated carbocycles. The van der Waals surface area contributed by atoms with Crippen LogP contribution in [0.3, 0.4) is 0 Å². The topological polar surface area (TPSA) is 45.6 Å². The number of benzene rings is 2. The second-order valence-corrected chi connectivity index (χ2v) is 8.84. The molecule has 0 unspecified atom stereocenters. The summed E-state index contributed by atoms with van der Waals surface area (Å²) in [6.07, 6.45) is 2.58. The summed E-state index contributed by atoms with van der Waals surface area (Å²) in [5.74, 6) is 1.63. The van der Waals surface area contributed by atoms with E-state index in [0.717, 1.165) is 61.0 Å². The van der Waals surface area contributed by atoms with E-state index >= 15 is 0 Å². The molecule has 0 bridgehead atoms. The van der Waals surface area contributed by atoms with E-state index in [0.29, 0.717) is 18.7 Å². The molecule has 6 nitrogen and oxygen atoms in total. The molecule has 2 saturated heterocycles. The number of hydrogen-bond donors (Lipinski definition) is 1. The second kappa shape index (κ2) is 9.46. The van der Waals surface area contributed by atoms with E-state index in [2.05, 4.69) is 25.8 Å². The lowest BCUT2D eigenvalue weighted by Gasteiger charge is -2.29. The molecule has 0 aliphatic carbocycles. The molecule has 0 spiro atoms. The molecule has 2 aliphatic rings. The molecule has 3 heterocycles. The van der Waals surface area contributed by atoms with Gasteiger partial charge in [-0.1, -0.05) is 18.2 Å². The van der Waals surface area contributed by atoms with Crippen molar-refractivity contribution >= 4 is 17.0 Å². The van der Waals surface area contributed by atoms with E-state index < -0.39 is 0 Å². The van der Waals surface area contributed by atoms with Gasteiger partial charge in [0.05, 0.1) is 12.1 Å². The molecule has 0 radical (unpaired) electrons. The molecule has 0 atom stereocenters. The zero-order valence-corrected chi connectivity index (χ0v) is 18.8. The minimum Gasteiger partial charge on any atom is -0.490 e. The molecule has 2 fully saturated rings. The molecule has 5 rings (SSSR count). The number of hydrogen-bond acceptors (Lipinski definition) is 5. The van der Waals surface area contributed by atoms with Crippen LogP contribution in [0.25, 0.3) is 11.0 Å². The lowest BCUT2D eigenvalue weighted by Crippen LogP contribution is -2.44. The highest BCUT2D eigenvalue weighted by atomic mass is 19.1. The fourth-order valence-corrected chi connectivity index (χ4v) is 4.77. The number of piperazine rings is 1. The Hall–Kier alpha value is -2.64. The third-order valence-electron chi connectivity index (χ3n) is 6.55. The Bertz CT molecular complexity index is 1070. The second-order valence-electron chi connectivity index (χ2n) is 8.84. The van der Waals surface area contributed by atoms with Crippen molar-refractivity contribution in [2.75, 3.05) is 57.3 Å². The van der Waals surface area contributed by atoms with Crippen molar-refractivity contribution in [1.29, 1.82) is 0 Å². The first kappa shape index (κ1) is 21.2. The van der Waals surface area contributed by atoms with Gasteiger partial charge < -0.3 is 19.5 Å². The van der Waals surface area contributed by atoms with Crippen molar-refractivity contribution in [1.82, 2.24) is 19.8 Å². The van der Waals surface area contributed by atoms with Gasteiger partial charge >= 0.3 is 0 Å². The first-order chi connectivity index (χ1) is 15.7. The van der Waals surface area contributed by atoms with Crippen LogP contribution < -0.4 is 15.0 Å². The highest BCUT2D eigenvalue weighted by Crippen LogP contribution is 2.31. The van der Waals surface area contributed by atoms with Crippen molar-refractivity contribution < 1.29 is 9.13 Å². The fraction of sp³-hybridized carbons (Fsp3) is 0.480. The maximum Gasteiger partial charge on any atom is 0.207 e. The summed E-state index contributed by atoms with van der Waals surface area (Å²) in [5, 5.41) is 3.42. The number of nitrogens with zero attached hydrogens (tertiary/aromatic N) is 4. The van der Waals surface area contributed by atoms with Crippen molar-refractivity contribution in [3.05, 3.63) is 53.3 Å². The molecule has 0 amide bonds. The number of nitrogens with one attached hydrogen (secondary N) is 1. The van der Waals surface area contributed by atoms with Crippen LogP contribution in [0.2, 0.25) is 0 Å². The molecule has 2 aromatic carbocycles. The predicted molar refractivity (Wildman–Crippen MR) is 126 cm³/mol. The van der Waals surface area contributed by atoms with E-state index in [-0.39, 0.29) is 5.82 Å². The third kappa shape index (κ3) is 4.45. The third-order valence-corrected chi connectivity index (χ3v) is 6.55. The van der Waals surface area contributed by atoms with Crippen molar-refractivity contribution in [2.45, 2.75) is 26.3 Å². The lowest BCUT2D eigenvalue weighted by atomic mass is 10.1. The summed E-state index contributed by atoms with van der Waals surface area (Å²) < 4.78 is 22.3. The molecule has 2 aliphatic heterocycles. The Kier molecular flexibility index (Phi) is 6.28. The van der Waals surface area contributed by atoms with Gasteiger partial charge in [-0.25, -0.2) is 9.37 Å². The lowest BCUT2D eigenvalue weighted by molar-refractivity contribution is 0.239. The molecule has 1 aromatic heterocycles. The number of para-hydroxylation sites is 1. The van der Waals surface area contributed by atoms with Crippen LogP contribution in [-0.2, 0) is 6.54 Å². The van der Waals surface area contributed by atoms with Gasteiger partial charge in [0, 0.05) is 32.7 Å². The van der Waals surface area contributed by atoms with Crippen molar-refractivity contribution in [3.63, 3.8) is 0 Å². The zero-order valence-electron chi connectivity index (χ0n) is 18.8. The minimum absolute atomic E-state index is 0.166. The van der Waals surface area contributed by atoms with Gasteiger partial charge in [0.2, 0.25) is 5.95 Å². The Labute approximate surface area is 189 Å². The van der Waals surface area contributed by atoms with E-state index in [9.17, 15) is 4.39 Å². The first-order valence-electron chi connectivity index (χ1n) is 11.7. The number of ether oxygens (including phenoxy) is 1. The predicted octanol–water partition coefficient (Wildman–Crippen LogP) is 3.42. The normalized spacial score (nSPS) is 17.4. The SMILES string of the molecule is Cc1cc(Cn2c(N3CCNCC3)nc3c(OCCN4CCCC4)cccc32)ccc1F. The molecule has 32 heavy (non-hydrogen) atoms. The number of likely N-dealkylation sites (tertiary alicyclic amines) is 1. The maximum atomic E-state index is 13.8. The van der Waals surface area contributed by atoms with Gasteiger partial charge in [-0.05, 0) is 62.2 Å². The summed E-state index contributed by atoms with van der Waals surface area (Å²) in [4.78, 5) is 9.87. The summed E-state index contributed by atoms with van der Waals surface area (Å²) in [5.41, 5.74) is 3.70. The van der Waals surface area contributed by atoms with Crippen LogP contribution in [-0.4, -0.2) is 66.9 Å². The molecule has 3 aromatic rings. The summed E-state index contributed by atoms with van der Waals surface area (Å²) in [7, 11) is 0. The van der Waals surface area contributed by atoms with Crippen LogP contribution in [0.15, 0.2) is 36.4 Å². The number of halogens is 1. The van der Waals surface area contributed by atoms with Gasteiger partial charge in [-0.2, -0.15) is 0 Å².